The molecule has 26 heavy (non-hydrogen) atoms. The van der Waals surface area contributed by atoms with E-state index in [0.29, 0.717) is 42.9 Å². The molecular formula is C19H24Cl2O5. The van der Waals surface area contributed by atoms with Crippen LogP contribution in [0.2, 0.25) is 5.02 Å². The van der Waals surface area contributed by atoms with E-state index in [1.807, 2.05) is 6.92 Å². The number of esters is 2. The molecule has 0 aliphatic heterocycles. The summed E-state index contributed by atoms with van der Waals surface area (Å²) in [5.74, 6) is -1.24. The maximum absolute atomic E-state index is 12.6. The number of ether oxygens (including phenoxy) is 3. The molecule has 2 rings (SSSR count). The van der Waals surface area contributed by atoms with Crippen molar-refractivity contribution in [1.29, 1.82) is 0 Å². The normalized spacial score (nSPS) is 23.9. The molecule has 1 aliphatic carbocycles. The number of alkyl halides is 1. The third-order valence-electron chi connectivity index (χ3n) is 4.47. The molecule has 1 unspecified atom stereocenters. The molecule has 0 amide bonds. The molecule has 1 atom stereocenters. The van der Waals surface area contributed by atoms with Crippen LogP contribution < -0.4 is 0 Å². The van der Waals surface area contributed by atoms with Crippen LogP contribution in [0.3, 0.4) is 0 Å². The first kappa shape index (κ1) is 21.0. The number of carbonyl (C=O) groups is 2. The lowest BCUT2D eigenvalue weighted by Crippen LogP contribution is -2.49. The van der Waals surface area contributed by atoms with Crippen molar-refractivity contribution in [1.82, 2.24) is 0 Å². The summed E-state index contributed by atoms with van der Waals surface area (Å²) in [5, 5.41) is -0.727. The van der Waals surface area contributed by atoms with Crippen LogP contribution >= 0.6 is 23.2 Å². The highest BCUT2D eigenvalue weighted by atomic mass is 35.5. The van der Waals surface area contributed by atoms with Crippen molar-refractivity contribution < 1.29 is 23.8 Å². The predicted octanol–water partition coefficient (Wildman–Crippen LogP) is 4.44. The van der Waals surface area contributed by atoms with Gasteiger partial charge in [0.05, 0.1) is 12.7 Å². The van der Waals surface area contributed by atoms with Gasteiger partial charge in [0.15, 0.2) is 5.38 Å². The minimum Gasteiger partial charge on any atom is -0.463 e. The molecule has 144 valence electrons. The van der Waals surface area contributed by atoms with E-state index in [1.165, 1.54) is 0 Å². The second-order valence-corrected chi connectivity index (χ2v) is 7.02. The Morgan fingerprint density at radius 3 is 2.42 bits per heavy atom. The predicted molar refractivity (Wildman–Crippen MR) is 99.4 cm³/mol. The van der Waals surface area contributed by atoms with Crippen LogP contribution in [-0.4, -0.2) is 36.9 Å². The molecule has 1 fully saturated rings. The first-order valence-corrected chi connectivity index (χ1v) is 9.65. The van der Waals surface area contributed by atoms with Crippen LogP contribution in [0, 0.1) is 0 Å². The Balaban J connectivity index is 2.15. The Morgan fingerprint density at radius 1 is 1.19 bits per heavy atom. The number of halogens is 2. The summed E-state index contributed by atoms with van der Waals surface area (Å²) in [6.45, 7) is 4.46. The smallest absolute Gasteiger partial charge is 0.350 e. The molecule has 0 spiro atoms. The Kier molecular flexibility index (Phi) is 7.74. The van der Waals surface area contributed by atoms with Gasteiger partial charge >= 0.3 is 11.9 Å². The number of hydrogen-bond donors (Lipinski definition) is 0. The standard InChI is InChI=1S/C19H24Cl2O5/c1-3-24-13-9-11-19(12-10-13,18(23)25-4-2)26-17(22)16(21)14-7-5-6-8-15(14)20/h5-8,13,16H,3-4,9-12H2,1-2H3. The van der Waals surface area contributed by atoms with E-state index < -0.39 is 22.9 Å². The van der Waals surface area contributed by atoms with E-state index in [1.54, 1.807) is 31.2 Å². The monoisotopic (exact) mass is 402 g/mol. The summed E-state index contributed by atoms with van der Waals surface area (Å²) in [6.07, 6.45) is 1.96. The van der Waals surface area contributed by atoms with Gasteiger partial charge in [0.25, 0.3) is 0 Å². The summed E-state index contributed by atoms with van der Waals surface area (Å²) in [7, 11) is 0. The first-order chi connectivity index (χ1) is 12.4. The minimum absolute atomic E-state index is 0.0524. The highest BCUT2D eigenvalue weighted by Gasteiger charge is 2.48. The van der Waals surface area contributed by atoms with E-state index in [0.717, 1.165) is 0 Å². The summed E-state index contributed by atoms with van der Waals surface area (Å²) < 4.78 is 16.4. The topological polar surface area (TPSA) is 61.8 Å². The molecule has 0 radical (unpaired) electrons. The largest absolute Gasteiger partial charge is 0.463 e. The Labute approximate surface area is 163 Å². The van der Waals surface area contributed by atoms with Crippen molar-refractivity contribution in [2.45, 2.75) is 56.6 Å². The summed E-state index contributed by atoms with van der Waals surface area (Å²) in [6, 6.07) is 6.78. The lowest BCUT2D eigenvalue weighted by atomic mass is 9.83. The molecule has 1 aromatic carbocycles. The zero-order valence-electron chi connectivity index (χ0n) is 15.0. The lowest BCUT2D eigenvalue weighted by molar-refractivity contribution is -0.189. The summed E-state index contributed by atoms with van der Waals surface area (Å²) in [4.78, 5) is 25.2. The van der Waals surface area contributed by atoms with Gasteiger partial charge in [-0.2, -0.15) is 0 Å². The molecular weight excluding hydrogens is 379 g/mol. The zero-order chi connectivity index (χ0) is 19.2. The Morgan fingerprint density at radius 2 is 1.85 bits per heavy atom. The Hall–Kier alpha value is -1.30. The van der Waals surface area contributed by atoms with Gasteiger partial charge in [-0.1, -0.05) is 29.8 Å². The van der Waals surface area contributed by atoms with Crippen molar-refractivity contribution in [3.8, 4) is 0 Å². The molecule has 5 nitrogen and oxygen atoms in total. The fraction of sp³-hybridized carbons (Fsp3) is 0.579. The van der Waals surface area contributed by atoms with Crippen LogP contribution in [0.15, 0.2) is 24.3 Å². The average molecular weight is 403 g/mol. The summed E-state index contributed by atoms with van der Waals surface area (Å²) in [5.41, 5.74) is -0.877. The zero-order valence-corrected chi connectivity index (χ0v) is 16.5. The van der Waals surface area contributed by atoms with Crippen molar-refractivity contribution in [3.05, 3.63) is 34.9 Å². The summed E-state index contributed by atoms with van der Waals surface area (Å²) >= 11 is 12.4. The highest BCUT2D eigenvalue weighted by molar-refractivity contribution is 6.35. The SMILES string of the molecule is CCOC(=O)C1(OC(=O)C(Cl)c2ccccc2Cl)CCC(OCC)CC1. The second-order valence-electron chi connectivity index (χ2n) is 6.17. The third kappa shape index (κ3) is 4.90. The van der Waals surface area contributed by atoms with E-state index in [-0.39, 0.29) is 12.7 Å². The maximum Gasteiger partial charge on any atom is 0.350 e. The van der Waals surface area contributed by atoms with Crippen molar-refractivity contribution in [2.75, 3.05) is 13.2 Å². The van der Waals surface area contributed by atoms with E-state index in [4.69, 9.17) is 37.4 Å². The molecule has 1 saturated carbocycles. The van der Waals surface area contributed by atoms with Crippen LogP contribution in [0.4, 0.5) is 0 Å². The van der Waals surface area contributed by atoms with E-state index in [9.17, 15) is 9.59 Å². The molecule has 0 saturated heterocycles. The fourth-order valence-corrected chi connectivity index (χ4v) is 3.66. The van der Waals surface area contributed by atoms with Crippen LogP contribution in [-0.2, 0) is 23.8 Å². The van der Waals surface area contributed by atoms with E-state index >= 15 is 0 Å². The molecule has 0 aromatic heterocycles. The van der Waals surface area contributed by atoms with Crippen LogP contribution in [0.25, 0.3) is 0 Å². The maximum atomic E-state index is 12.6. The van der Waals surface area contributed by atoms with Gasteiger partial charge < -0.3 is 14.2 Å². The van der Waals surface area contributed by atoms with Gasteiger partial charge in [-0.3, -0.25) is 4.79 Å². The van der Waals surface area contributed by atoms with Gasteiger partial charge in [0, 0.05) is 24.5 Å². The van der Waals surface area contributed by atoms with Crippen molar-refractivity contribution in [2.24, 2.45) is 0 Å². The Bertz CT molecular complexity index is 626. The third-order valence-corrected chi connectivity index (χ3v) is 5.23. The fourth-order valence-electron chi connectivity index (χ4n) is 3.12. The molecule has 0 bridgehead atoms. The van der Waals surface area contributed by atoms with Gasteiger partial charge in [0.2, 0.25) is 5.60 Å². The number of benzene rings is 1. The molecule has 7 heteroatoms. The van der Waals surface area contributed by atoms with Crippen molar-refractivity contribution >= 4 is 35.1 Å². The van der Waals surface area contributed by atoms with Gasteiger partial charge in [0.1, 0.15) is 0 Å². The van der Waals surface area contributed by atoms with E-state index in [2.05, 4.69) is 0 Å². The first-order valence-electron chi connectivity index (χ1n) is 8.83. The average Bonchev–Trinajstić information content (AvgIpc) is 2.63. The van der Waals surface area contributed by atoms with Crippen molar-refractivity contribution in [3.63, 3.8) is 0 Å². The second kappa shape index (κ2) is 9.58. The molecule has 1 aromatic rings. The minimum atomic E-state index is -1.32. The quantitative estimate of drug-likeness (QED) is 0.498. The lowest BCUT2D eigenvalue weighted by Gasteiger charge is -2.37. The van der Waals surface area contributed by atoms with Gasteiger partial charge in [-0.05, 0) is 38.3 Å². The molecule has 1 aliphatic rings. The van der Waals surface area contributed by atoms with Gasteiger partial charge in [-0.25, -0.2) is 4.79 Å². The molecule has 0 heterocycles. The van der Waals surface area contributed by atoms with Crippen LogP contribution in [0.5, 0.6) is 0 Å². The number of carbonyl (C=O) groups excluding carboxylic acids is 2. The van der Waals surface area contributed by atoms with Gasteiger partial charge in [-0.15, -0.1) is 11.6 Å². The number of hydrogen-bond acceptors (Lipinski definition) is 5. The number of rotatable bonds is 7. The van der Waals surface area contributed by atoms with Crippen LogP contribution in [0.1, 0.15) is 50.5 Å². The molecule has 0 N–H and O–H groups in total. The highest BCUT2D eigenvalue weighted by Crippen LogP contribution is 2.37.